The second kappa shape index (κ2) is 4.94. The third-order valence-corrected chi connectivity index (χ3v) is 3.60. The maximum atomic E-state index is 12.1. The van der Waals surface area contributed by atoms with Crippen LogP contribution in [0.2, 0.25) is 0 Å². The molecule has 1 N–H and O–H groups in total. The maximum Gasteiger partial charge on any atom is 0.319 e. The van der Waals surface area contributed by atoms with Crippen molar-refractivity contribution in [1.29, 1.82) is 0 Å². The zero-order valence-electron chi connectivity index (χ0n) is 10.3. The summed E-state index contributed by atoms with van der Waals surface area (Å²) in [5.41, 5.74) is 0. The van der Waals surface area contributed by atoms with Gasteiger partial charge in [-0.3, -0.25) is 4.79 Å². The molecule has 0 radical (unpaired) electrons. The van der Waals surface area contributed by atoms with Gasteiger partial charge in [-0.2, -0.15) is 0 Å². The predicted octanol–water partition coefficient (Wildman–Crippen LogP) is 1.24. The van der Waals surface area contributed by atoms with E-state index in [0.29, 0.717) is 25.4 Å². The van der Waals surface area contributed by atoms with Crippen molar-refractivity contribution in [2.75, 3.05) is 26.7 Å². The highest BCUT2D eigenvalue weighted by Crippen LogP contribution is 2.29. The second-order valence-electron chi connectivity index (χ2n) is 5.23. The molecule has 2 rings (SSSR count). The van der Waals surface area contributed by atoms with Gasteiger partial charge in [-0.15, -0.1) is 0 Å². The molecule has 1 aliphatic carbocycles. The van der Waals surface area contributed by atoms with E-state index >= 15 is 0 Å². The zero-order valence-corrected chi connectivity index (χ0v) is 10.3. The number of carbonyl (C=O) groups is 2. The van der Waals surface area contributed by atoms with Crippen molar-refractivity contribution in [3.8, 4) is 0 Å². The van der Waals surface area contributed by atoms with Crippen LogP contribution in [0.4, 0.5) is 4.79 Å². The van der Waals surface area contributed by atoms with Crippen molar-refractivity contribution in [3.63, 3.8) is 0 Å². The third kappa shape index (κ3) is 3.11. The minimum absolute atomic E-state index is 0.0112. The molecule has 96 valence electrons. The highest BCUT2D eigenvalue weighted by Gasteiger charge is 2.31. The fourth-order valence-electron chi connectivity index (χ4n) is 2.36. The van der Waals surface area contributed by atoms with Crippen LogP contribution < -0.4 is 0 Å². The lowest BCUT2D eigenvalue weighted by Crippen LogP contribution is -2.48. The Morgan fingerprint density at radius 1 is 1.35 bits per heavy atom. The number of urea groups is 1. The molecule has 1 atom stereocenters. The van der Waals surface area contributed by atoms with Gasteiger partial charge in [0.25, 0.3) is 0 Å². The van der Waals surface area contributed by atoms with Crippen LogP contribution >= 0.6 is 0 Å². The van der Waals surface area contributed by atoms with E-state index in [4.69, 9.17) is 5.11 Å². The van der Waals surface area contributed by atoms with Gasteiger partial charge in [-0.25, -0.2) is 4.79 Å². The molecule has 5 heteroatoms. The summed E-state index contributed by atoms with van der Waals surface area (Å²) in [5.74, 6) is -0.501. The quantitative estimate of drug-likeness (QED) is 0.807. The number of hydrogen-bond donors (Lipinski definition) is 1. The van der Waals surface area contributed by atoms with Crippen LogP contribution in [0.5, 0.6) is 0 Å². The first kappa shape index (κ1) is 12.2. The fraction of sp³-hybridized carbons (Fsp3) is 0.833. The second-order valence-corrected chi connectivity index (χ2v) is 5.23. The Morgan fingerprint density at radius 3 is 2.65 bits per heavy atom. The standard InChI is InChI=1S/C12H20N2O3/c1-13(7-9-4-5-9)12(17)14-6-2-3-10(8-14)11(15)16/h9-10H,2-8H2,1H3,(H,15,16)/t10-/m0/s1. The van der Waals surface area contributed by atoms with Crippen LogP contribution in [-0.4, -0.2) is 53.6 Å². The Morgan fingerprint density at radius 2 is 2.06 bits per heavy atom. The van der Waals surface area contributed by atoms with Gasteiger partial charge in [0.15, 0.2) is 0 Å². The summed E-state index contributed by atoms with van der Waals surface area (Å²) in [6, 6.07) is -0.0112. The Labute approximate surface area is 101 Å². The number of rotatable bonds is 3. The molecule has 0 aromatic rings. The van der Waals surface area contributed by atoms with E-state index in [0.717, 1.165) is 13.0 Å². The summed E-state index contributed by atoms with van der Waals surface area (Å²) < 4.78 is 0. The van der Waals surface area contributed by atoms with Gasteiger partial charge in [0, 0.05) is 26.7 Å². The number of likely N-dealkylation sites (tertiary alicyclic amines) is 1. The lowest BCUT2D eigenvalue weighted by Gasteiger charge is -2.33. The van der Waals surface area contributed by atoms with Crippen LogP contribution in [0.25, 0.3) is 0 Å². The molecule has 0 aromatic heterocycles. The van der Waals surface area contributed by atoms with Gasteiger partial charge in [0.1, 0.15) is 0 Å². The van der Waals surface area contributed by atoms with E-state index in [1.807, 2.05) is 7.05 Å². The molecule has 0 aromatic carbocycles. The minimum Gasteiger partial charge on any atom is -0.481 e. The molecule has 17 heavy (non-hydrogen) atoms. The molecule has 0 bridgehead atoms. The molecule has 2 fully saturated rings. The number of hydrogen-bond acceptors (Lipinski definition) is 2. The van der Waals surface area contributed by atoms with Crippen molar-refractivity contribution in [1.82, 2.24) is 9.80 Å². The highest BCUT2D eigenvalue weighted by atomic mass is 16.4. The summed E-state index contributed by atoms with van der Waals surface area (Å²) in [6.45, 7) is 1.87. The highest BCUT2D eigenvalue weighted by molar-refractivity contribution is 5.76. The van der Waals surface area contributed by atoms with Crippen LogP contribution in [0.15, 0.2) is 0 Å². The van der Waals surface area contributed by atoms with E-state index in [2.05, 4.69) is 0 Å². The third-order valence-electron chi connectivity index (χ3n) is 3.60. The monoisotopic (exact) mass is 240 g/mol. The minimum atomic E-state index is -0.785. The van der Waals surface area contributed by atoms with E-state index in [-0.39, 0.29) is 11.9 Å². The topological polar surface area (TPSA) is 60.9 Å². The first-order valence-corrected chi connectivity index (χ1v) is 6.30. The Hall–Kier alpha value is -1.26. The van der Waals surface area contributed by atoms with Crippen LogP contribution in [-0.2, 0) is 4.79 Å². The molecular weight excluding hydrogens is 220 g/mol. The van der Waals surface area contributed by atoms with Crippen LogP contribution in [0.1, 0.15) is 25.7 Å². The number of amides is 2. The molecule has 2 amide bonds. The number of nitrogens with zero attached hydrogens (tertiary/aromatic N) is 2. The number of aliphatic carboxylic acids is 1. The Balaban J connectivity index is 1.86. The molecule has 1 saturated carbocycles. The number of carbonyl (C=O) groups excluding carboxylic acids is 1. The number of carboxylic acids is 1. The van der Waals surface area contributed by atoms with Gasteiger partial charge in [-0.1, -0.05) is 0 Å². The van der Waals surface area contributed by atoms with Gasteiger partial charge in [0.2, 0.25) is 0 Å². The van der Waals surface area contributed by atoms with Crippen molar-refractivity contribution >= 4 is 12.0 Å². The lowest BCUT2D eigenvalue weighted by molar-refractivity contribution is -0.143. The first-order chi connectivity index (χ1) is 8.08. The molecule has 2 aliphatic rings. The predicted molar refractivity (Wildman–Crippen MR) is 62.7 cm³/mol. The van der Waals surface area contributed by atoms with Crippen molar-refractivity contribution < 1.29 is 14.7 Å². The molecule has 1 saturated heterocycles. The smallest absolute Gasteiger partial charge is 0.319 e. The summed E-state index contributed by atoms with van der Waals surface area (Å²) in [5, 5.41) is 8.98. The first-order valence-electron chi connectivity index (χ1n) is 6.30. The Bertz CT molecular complexity index is 315. The molecule has 0 unspecified atom stereocenters. The van der Waals surface area contributed by atoms with E-state index in [1.165, 1.54) is 12.8 Å². The van der Waals surface area contributed by atoms with Crippen molar-refractivity contribution in [2.45, 2.75) is 25.7 Å². The molecule has 0 spiro atoms. The van der Waals surface area contributed by atoms with Gasteiger partial charge >= 0.3 is 12.0 Å². The van der Waals surface area contributed by atoms with E-state index in [9.17, 15) is 9.59 Å². The molecular formula is C12H20N2O3. The van der Waals surface area contributed by atoms with Gasteiger partial charge in [0.05, 0.1) is 5.92 Å². The average Bonchev–Trinajstić information content (AvgIpc) is 3.12. The summed E-state index contributed by atoms with van der Waals surface area (Å²) >= 11 is 0. The van der Waals surface area contributed by atoms with E-state index in [1.54, 1.807) is 9.80 Å². The van der Waals surface area contributed by atoms with Gasteiger partial charge in [-0.05, 0) is 31.6 Å². The fourth-order valence-corrected chi connectivity index (χ4v) is 2.36. The molecule has 5 nitrogen and oxygen atoms in total. The number of carboxylic acid groups (broad SMARTS) is 1. The summed E-state index contributed by atoms with van der Waals surface area (Å²) in [6.07, 6.45) is 3.91. The lowest BCUT2D eigenvalue weighted by atomic mass is 9.99. The van der Waals surface area contributed by atoms with E-state index < -0.39 is 5.97 Å². The SMILES string of the molecule is CN(CC1CC1)C(=O)N1CCC[C@H](C(=O)O)C1. The molecule has 1 heterocycles. The molecule has 1 aliphatic heterocycles. The summed E-state index contributed by atoms with van der Waals surface area (Å²) in [4.78, 5) is 26.4. The summed E-state index contributed by atoms with van der Waals surface area (Å²) in [7, 11) is 1.81. The van der Waals surface area contributed by atoms with Crippen molar-refractivity contribution in [3.05, 3.63) is 0 Å². The zero-order chi connectivity index (χ0) is 12.4. The van der Waals surface area contributed by atoms with Crippen LogP contribution in [0, 0.1) is 11.8 Å². The van der Waals surface area contributed by atoms with Crippen molar-refractivity contribution in [2.24, 2.45) is 11.8 Å². The number of piperidine rings is 1. The largest absolute Gasteiger partial charge is 0.481 e. The normalized spacial score (nSPS) is 24.5. The maximum absolute atomic E-state index is 12.1. The Kier molecular flexibility index (Phi) is 3.54. The van der Waals surface area contributed by atoms with Gasteiger partial charge < -0.3 is 14.9 Å². The average molecular weight is 240 g/mol. The van der Waals surface area contributed by atoms with Crippen LogP contribution in [0.3, 0.4) is 0 Å².